The standard InChI is InChI=1S/C15H22ClNO2S/c1-2-5-14-6-3-4-11-17(14)20(18,19)15-9-7-13(12-16)8-10-15/h7-10,14H,2-6,11-12H2,1H3. The summed E-state index contributed by atoms with van der Waals surface area (Å²) in [4.78, 5) is 0.384. The normalized spacial score (nSPS) is 21.0. The average molecular weight is 316 g/mol. The summed E-state index contributed by atoms with van der Waals surface area (Å²) in [7, 11) is -3.37. The highest BCUT2D eigenvalue weighted by atomic mass is 35.5. The third kappa shape index (κ3) is 3.35. The third-order valence-corrected chi connectivity index (χ3v) is 6.15. The summed E-state index contributed by atoms with van der Waals surface area (Å²) in [5.41, 5.74) is 0.939. The van der Waals surface area contributed by atoms with Crippen LogP contribution in [-0.4, -0.2) is 25.3 Å². The first-order chi connectivity index (χ1) is 9.59. The van der Waals surface area contributed by atoms with Gasteiger partial charge in [0.1, 0.15) is 0 Å². The van der Waals surface area contributed by atoms with E-state index < -0.39 is 10.0 Å². The van der Waals surface area contributed by atoms with Crippen LogP contribution in [0.15, 0.2) is 29.2 Å². The molecule has 2 rings (SSSR count). The van der Waals surface area contributed by atoms with Crippen molar-refractivity contribution in [1.82, 2.24) is 4.31 Å². The molecule has 1 unspecified atom stereocenters. The molecule has 1 aromatic carbocycles. The van der Waals surface area contributed by atoms with E-state index in [2.05, 4.69) is 6.92 Å². The highest BCUT2D eigenvalue weighted by molar-refractivity contribution is 7.89. The van der Waals surface area contributed by atoms with Crippen molar-refractivity contribution in [2.75, 3.05) is 6.54 Å². The molecule has 1 atom stereocenters. The minimum Gasteiger partial charge on any atom is -0.207 e. The van der Waals surface area contributed by atoms with Gasteiger partial charge < -0.3 is 0 Å². The first kappa shape index (κ1) is 15.8. The zero-order chi connectivity index (χ0) is 14.6. The Morgan fingerprint density at radius 2 is 1.95 bits per heavy atom. The van der Waals surface area contributed by atoms with Crippen molar-refractivity contribution in [3.63, 3.8) is 0 Å². The van der Waals surface area contributed by atoms with Crippen molar-refractivity contribution in [2.45, 2.75) is 55.8 Å². The van der Waals surface area contributed by atoms with Crippen molar-refractivity contribution < 1.29 is 8.42 Å². The van der Waals surface area contributed by atoms with Crippen LogP contribution in [0.4, 0.5) is 0 Å². The highest BCUT2D eigenvalue weighted by Gasteiger charge is 2.32. The van der Waals surface area contributed by atoms with Gasteiger partial charge in [-0.3, -0.25) is 0 Å². The van der Waals surface area contributed by atoms with Crippen LogP contribution in [0, 0.1) is 0 Å². The van der Waals surface area contributed by atoms with Gasteiger partial charge in [-0.2, -0.15) is 4.31 Å². The first-order valence-corrected chi connectivity index (χ1v) is 9.23. The van der Waals surface area contributed by atoms with E-state index in [1.165, 1.54) is 0 Å². The molecule has 1 heterocycles. The van der Waals surface area contributed by atoms with Crippen molar-refractivity contribution in [1.29, 1.82) is 0 Å². The summed E-state index contributed by atoms with van der Waals surface area (Å²) in [5, 5.41) is 0. The monoisotopic (exact) mass is 315 g/mol. The minimum absolute atomic E-state index is 0.159. The lowest BCUT2D eigenvalue weighted by Gasteiger charge is -2.34. The number of alkyl halides is 1. The fourth-order valence-corrected chi connectivity index (χ4v) is 4.70. The Kier molecular flexibility index (Phi) is 5.47. The summed E-state index contributed by atoms with van der Waals surface area (Å²) >= 11 is 5.75. The molecule has 1 saturated heterocycles. The van der Waals surface area contributed by atoms with Crippen molar-refractivity contribution >= 4 is 21.6 Å². The SMILES string of the molecule is CCCC1CCCCN1S(=O)(=O)c1ccc(CCl)cc1. The van der Waals surface area contributed by atoms with E-state index in [1.54, 1.807) is 28.6 Å². The van der Waals surface area contributed by atoms with Crippen molar-refractivity contribution in [3.05, 3.63) is 29.8 Å². The summed E-state index contributed by atoms with van der Waals surface area (Å²) in [5.74, 6) is 0.405. The second-order valence-corrected chi connectivity index (χ2v) is 7.49. The predicted molar refractivity (Wildman–Crippen MR) is 82.4 cm³/mol. The average Bonchev–Trinajstić information content (AvgIpc) is 2.48. The lowest BCUT2D eigenvalue weighted by molar-refractivity contribution is 0.239. The van der Waals surface area contributed by atoms with Gasteiger partial charge in [-0.15, -0.1) is 11.6 Å². The highest BCUT2D eigenvalue weighted by Crippen LogP contribution is 2.27. The Morgan fingerprint density at radius 3 is 2.55 bits per heavy atom. The first-order valence-electron chi connectivity index (χ1n) is 7.26. The van der Waals surface area contributed by atoms with E-state index >= 15 is 0 Å². The predicted octanol–water partition coefficient (Wildman–Crippen LogP) is 3.77. The number of piperidine rings is 1. The Hall–Kier alpha value is -0.580. The molecule has 0 spiro atoms. The quantitative estimate of drug-likeness (QED) is 0.776. The minimum atomic E-state index is -3.37. The maximum atomic E-state index is 12.8. The van der Waals surface area contributed by atoms with Gasteiger partial charge in [-0.05, 0) is 37.0 Å². The van der Waals surface area contributed by atoms with E-state index in [4.69, 9.17) is 11.6 Å². The zero-order valence-corrected chi connectivity index (χ0v) is 13.5. The van der Waals surface area contributed by atoms with E-state index in [1.807, 2.05) is 0 Å². The molecule has 0 saturated carbocycles. The molecule has 1 aliphatic heterocycles. The second-order valence-electron chi connectivity index (χ2n) is 5.33. The molecular formula is C15H22ClNO2S. The fraction of sp³-hybridized carbons (Fsp3) is 0.600. The molecule has 1 fully saturated rings. The number of rotatable bonds is 5. The molecule has 1 aliphatic rings. The molecule has 5 heteroatoms. The number of benzene rings is 1. The lowest BCUT2D eigenvalue weighted by atomic mass is 10.0. The van der Waals surface area contributed by atoms with Gasteiger partial charge in [0, 0.05) is 18.5 Å². The van der Waals surface area contributed by atoms with E-state index in [0.29, 0.717) is 17.3 Å². The Balaban J connectivity index is 2.26. The molecule has 112 valence electrons. The Bertz CT molecular complexity index is 525. The summed E-state index contributed by atoms with van der Waals surface area (Å²) in [6.07, 6.45) is 5.02. The maximum Gasteiger partial charge on any atom is 0.243 e. The molecular weight excluding hydrogens is 294 g/mol. The molecule has 0 aliphatic carbocycles. The van der Waals surface area contributed by atoms with Crippen LogP contribution in [0.5, 0.6) is 0 Å². The lowest BCUT2D eigenvalue weighted by Crippen LogP contribution is -2.43. The largest absolute Gasteiger partial charge is 0.243 e. The van der Waals surface area contributed by atoms with Gasteiger partial charge in [0.2, 0.25) is 10.0 Å². The van der Waals surface area contributed by atoms with E-state index in [9.17, 15) is 8.42 Å². The van der Waals surface area contributed by atoms with Crippen LogP contribution in [0.3, 0.4) is 0 Å². The van der Waals surface area contributed by atoms with E-state index in [0.717, 1.165) is 37.7 Å². The number of halogens is 1. The molecule has 1 aromatic rings. The molecule has 20 heavy (non-hydrogen) atoms. The van der Waals surface area contributed by atoms with Crippen LogP contribution in [0.25, 0.3) is 0 Å². The second kappa shape index (κ2) is 6.92. The number of nitrogens with zero attached hydrogens (tertiary/aromatic N) is 1. The number of sulfonamides is 1. The van der Waals surface area contributed by atoms with Crippen LogP contribution in [0.1, 0.15) is 44.6 Å². The van der Waals surface area contributed by atoms with Crippen molar-refractivity contribution in [3.8, 4) is 0 Å². The number of hydrogen-bond acceptors (Lipinski definition) is 2. The number of hydrogen-bond donors (Lipinski definition) is 0. The molecule has 0 radical (unpaired) electrons. The van der Waals surface area contributed by atoms with Gasteiger partial charge in [-0.25, -0.2) is 8.42 Å². The fourth-order valence-electron chi connectivity index (χ4n) is 2.80. The maximum absolute atomic E-state index is 12.8. The van der Waals surface area contributed by atoms with E-state index in [-0.39, 0.29) is 6.04 Å². The zero-order valence-electron chi connectivity index (χ0n) is 11.9. The topological polar surface area (TPSA) is 37.4 Å². The van der Waals surface area contributed by atoms with Crippen LogP contribution >= 0.6 is 11.6 Å². The Morgan fingerprint density at radius 1 is 1.25 bits per heavy atom. The third-order valence-electron chi connectivity index (χ3n) is 3.88. The Labute approximate surface area is 127 Å². The van der Waals surface area contributed by atoms with Gasteiger partial charge in [0.05, 0.1) is 4.90 Å². The molecule has 0 aromatic heterocycles. The van der Waals surface area contributed by atoms with Gasteiger partial charge >= 0.3 is 0 Å². The van der Waals surface area contributed by atoms with Crippen LogP contribution in [0.2, 0.25) is 0 Å². The molecule has 0 amide bonds. The van der Waals surface area contributed by atoms with Crippen LogP contribution < -0.4 is 0 Å². The summed E-state index contributed by atoms with van der Waals surface area (Å²) in [6.45, 7) is 2.75. The smallest absolute Gasteiger partial charge is 0.207 e. The van der Waals surface area contributed by atoms with Gasteiger partial charge in [-0.1, -0.05) is 31.9 Å². The van der Waals surface area contributed by atoms with Gasteiger partial charge in [0.15, 0.2) is 0 Å². The molecule has 0 bridgehead atoms. The van der Waals surface area contributed by atoms with Gasteiger partial charge in [0.25, 0.3) is 0 Å². The summed E-state index contributed by atoms with van der Waals surface area (Å²) < 4.78 is 27.2. The van der Waals surface area contributed by atoms with Crippen LogP contribution in [-0.2, 0) is 15.9 Å². The molecule has 0 N–H and O–H groups in total. The molecule has 3 nitrogen and oxygen atoms in total. The summed E-state index contributed by atoms with van der Waals surface area (Å²) in [6, 6.07) is 7.08. The van der Waals surface area contributed by atoms with Crippen molar-refractivity contribution in [2.24, 2.45) is 0 Å².